The molecule has 0 aliphatic heterocycles. The van der Waals surface area contributed by atoms with Gasteiger partial charge in [0, 0.05) is 31.4 Å². The van der Waals surface area contributed by atoms with Crippen LogP contribution in [0.1, 0.15) is 43.4 Å². The molecule has 0 atom stereocenters. The number of hydrogen-bond acceptors (Lipinski definition) is 4. The van der Waals surface area contributed by atoms with Crippen LogP contribution in [0.4, 0.5) is 0 Å². The lowest BCUT2D eigenvalue weighted by atomic mass is 10.3. The zero-order valence-electron chi connectivity index (χ0n) is 13.8. The van der Waals surface area contributed by atoms with E-state index in [-0.39, 0.29) is 12.1 Å². The van der Waals surface area contributed by atoms with Gasteiger partial charge in [-0.15, -0.1) is 11.3 Å². The average molecular weight is 337 g/mol. The van der Waals surface area contributed by atoms with Crippen molar-refractivity contribution in [1.29, 1.82) is 0 Å². The molecule has 5 nitrogen and oxygen atoms in total. The number of nitrogens with one attached hydrogen (secondary N) is 2. The van der Waals surface area contributed by atoms with Crippen molar-refractivity contribution < 1.29 is 9.53 Å². The number of carbonyl (C=O) groups excluding carboxylic acids is 1. The smallest absolute Gasteiger partial charge is 0.306 e. The third-order valence-electron chi connectivity index (χ3n) is 3.92. The lowest BCUT2D eigenvalue weighted by Gasteiger charge is -2.13. The number of rotatable bonds is 8. The molecule has 1 aliphatic carbocycles. The van der Waals surface area contributed by atoms with Crippen LogP contribution in [0.3, 0.4) is 0 Å². The van der Waals surface area contributed by atoms with E-state index in [9.17, 15) is 4.79 Å². The summed E-state index contributed by atoms with van der Waals surface area (Å²) in [5.74, 6) is 0.713. The third kappa shape index (κ3) is 7.03. The first-order valence-corrected chi connectivity index (χ1v) is 9.32. The first kappa shape index (κ1) is 17.8. The normalized spacial score (nSPS) is 15.6. The van der Waals surface area contributed by atoms with E-state index in [4.69, 9.17) is 4.74 Å². The standard InChI is InChI=1S/C17H27N3O2S/c1-18-17(20-12-10-15-8-5-13-23-15)19-11-4-9-16(21)22-14-6-2-3-7-14/h5,8,13-14H,2-4,6-7,9-12H2,1H3,(H2,18,19,20). The second kappa shape index (κ2) is 10.3. The van der Waals surface area contributed by atoms with E-state index in [2.05, 4.69) is 33.1 Å². The Morgan fingerprint density at radius 1 is 1.35 bits per heavy atom. The number of guanidine groups is 1. The van der Waals surface area contributed by atoms with Crippen LogP contribution in [-0.4, -0.2) is 38.2 Å². The SMILES string of the molecule is CN=C(NCCCC(=O)OC1CCCC1)NCCc1cccs1. The molecule has 0 amide bonds. The number of nitrogens with zero attached hydrogens (tertiary/aromatic N) is 1. The molecule has 0 unspecified atom stereocenters. The predicted octanol–water partition coefficient (Wildman–Crippen LogP) is 2.72. The van der Waals surface area contributed by atoms with Crippen LogP contribution in [0.2, 0.25) is 0 Å². The molecule has 0 saturated heterocycles. The van der Waals surface area contributed by atoms with Gasteiger partial charge in [0.2, 0.25) is 0 Å². The van der Waals surface area contributed by atoms with Gasteiger partial charge in [0.1, 0.15) is 6.10 Å². The highest BCUT2D eigenvalue weighted by atomic mass is 32.1. The summed E-state index contributed by atoms with van der Waals surface area (Å²) in [6.07, 6.45) is 6.83. The fourth-order valence-corrected chi connectivity index (χ4v) is 3.38. The number of thiophene rings is 1. The molecule has 1 aliphatic rings. The molecule has 0 radical (unpaired) electrons. The predicted molar refractivity (Wildman–Crippen MR) is 95.0 cm³/mol. The maximum atomic E-state index is 11.7. The molecular formula is C17H27N3O2S. The van der Waals surface area contributed by atoms with Crippen molar-refractivity contribution >= 4 is 23.3 Å². The molecular weight excluding hydrogens is 310 g/mol. The van der Waals surface area contributed by atoms with Gasteiger partial charge in [0.05, 0.1) is 0 Å². The minimum atomic E-state index is -0.0701. The molecule has 0 spiro atoms. The molecule has 1 heterocycles. The highest BCUT2D eigenvalue weighted by Gasteiger charge is 2.18. The highest BCUT2D eigenvalue weighted by Crippen LogP contribution is 2.21. The number of carbonyl (C=O) groups is 1. The van der Waals surface area contributed by atoms with Crippen molar-refractivity contribution in [3.63, 3.8) is 0 Å². The molecule has 0 aromatic carbocycles. The molecule has 2 N–H and O–H groups in total. The topological polar surface area (TPSA) is 62.7 Å². The highest BCUT2D eigenvalue weighted by molar-refractivity contribution is 7.09. The van der Waals surface area contributed by atoms with Gasteiger partial charge in [0.15, 0.2) is 5.96 Å². The van der Waals surface area contributed by atoms with Crippen molar-refractivity contribution in [3.05, 3.63) is 22.4 Å². The van der Waals surface area contributed by atoms with Crippen LogP contribution >= 0.6 is 11.3 Å². The number of ether oxygens (including phenoxy) is 1. The Balaban J connectivity index is 1.52. The maximum absolute atomic E-state index is 11.7. The first-order valence-electron chi connectivity index (χ1n) is 8.44. The zero-order valence-corrected chi connectivity index (χ0v) is 14.7. The van der Waals surface area contributed by atoms with E-state index in [0.717, 1.165) is 44.7 Å². The second-order valence-corrected chi connectivity index (χ2v) is 6.79. The Hall–Kier alpha value is -1.56. The summed E-state index contributed by atoms with van der Waals surface area (Å²) < 4.78 is 5.44. The van der Waals surface area contributed by atoms with Gasteiger partial charge in [-0.1, -0.05) is 6.07 Å². The monoisotopic (exact) mass is 337 g/mol. The van der Waals surface area contributed by atoms with E-state index in [1.807, 2.05) is 0 Å². The molecule has 1 aromatic heterocycles. The fourth-order valence-electron chi connectivity index (χ4n) is 2.67. The first-order chi connectivity index (χ1) is 11.3. The van der Waals surface area contributed by atoms with E-state index >= 15 is 0 Å². The van der Waals surface area contributed by atoms with Crippen LogP contribution < -0.4 is 10.6 Å². The van der Waals surface area contributed by atoms with Gasteiger partial charge >= 0.3 is 5.97 Å². The van der Waals surface area contributed by atoms with Gasteiger partial charge in [-0.25, -0.2) is 0 Å². The lowest BCUT2D eigenvalue weighted by molar-refractivity contribution is -0.148. The maximum Gasteiger partial charge on any atom is 0.306 e. The van der Waals surface area contributed by atoms with Gasteiger partial charge in [0.25, 0.3) is 0 Å². The van der Waals surface area contributed by atoms with Crippen molar-refractivity contribution in [2.45, 2.75) is 51.0 Å². The van der Waals surface area contributed by atoms with Crippen molar-refractivity contribution in [3.8, 4) is 0 Å². The second-order valence-electron chi connectivity index (χ2n) is 5.76. The summed E-state index contributed by atoms with van der Waals surface area (Å²) in [5, 5.41) is 8.61. The minimum Gasteiger partial charge on any atom is -0.462 e. The van der Waals surface area contributed by atoms with Gasteiger partial charge < -0.3 is 15.4 Å². The summed E-state index contributed by atoms with van der Waals surface area (Å²) in [7, 11) is 1.76. The molecule has 128 valence electrons. The molecule has 1 saturated carbocycles. The van der Waals surface area contributed by atoms with Gasteiger partial charge in [-0.05, 0) is 50.0 Å². The number of aliphatic imine (C=N–C) groups is 1. The Labute approximate surface area is 142 Å². The van der Waals surface area contributed by atoms with Gasteiger partial charge in [-0.2, -0.15) is 0 Å². The number of hydrogen-bond donors (Lipinski definition) is 2. The summed E-state index contributed by atoms with van der Waals surface area (Å²) in [6, 6.07) is 4.20. The van der Waals surface area contributed by atoms with Crippen LogP contribution in [0.5, 0.6) is 0 Å². The van der Waals surface area contributed by atoms with Gasteiger partial charge in [-0.3, -0.25) is 9.79 Å². The summed E-state index contributed by atoms with van der Waals surface area (Å²) >= 11 is 1.77. The molecule has 0 bridgehead atoms. The fraction of sp³-hybridized carbons (Fsp3) is 0.647. The summed E-state index contributed by atoms with van der Waals surface area (Å²) in [6.45, 7) is 1.57. The van der Waals surface area contributed by atoms with E-state index < -0.39 is 0 Å². The number of esters is 1. The van der Waals surface area contributed by atoms with Crippen LogP contribution in [0.15, 0.2) is 22.5 Å². The van der Waals surface area contributed by atoms with Crippen LogP contribution in [0.25, 0.3) is 0 Å². The van der Waals surface area contributed by atoms with Crippen molar-refractivity contribution in [1.82, 2.24) is 10.6 Å². The quantitative estimate of drug-likeness (QED) is 0.331. The molecule has 2 rings (SSSR count). The molecule has 6 heteroatoms. The average Bonchev–Trinajstić information content (AvgIpc) is 3.23. The van der Waals surface area contributed by atoms with Crippen molar-refractivity contribution in [2.24, 2.45) is 4.99 Å². The van der Waals surface area contributed by atoms with E-state index in [1.54, 1.807) is 18.4 Å². The molecule has 1 fully saturated rings. The minimum absolute atomic E-state index is 0.0701. The Kier molecular flexibility index (Phi) is 7.93. The molecule has 23 heavy (non-hydrogen) atoms. The van der Waals surface area contributed by atoms with Crippen LogP contribution in [-0.2, 0) is 16.0 Å². The lowest BCUT2D eigenvalue weighted by Crippen LogP contribution is -2.38. The van der Waals surface area contributed by atoms with E-state index in [1.165, 1.54) is 17.7 Å². The Bertz CT molecular complexity index is 482. The zero-order chi connectivity index (χ0) is 16.3. The Morgan fingerprint density at radius 3 is 2.83 bits per heavy atom. The third-order valence-corrected chi connectivity index (χ3v) is 4.85. The summed E-state index contributed by atoms with van der Waals surface area (Å²) in [5.41, 5.74) is 0. The van der Waals surface area contributed by atoms with Crippen molar-refractivity contribution in [2.75, 3.05) is 20.1 Å². The van der Waals surface area contributed by atoms with Crippen LogP contribution in [0, 0.1) is 0 Å². The Morgan fingerprint density at radius 2 is 2.13 bits per heavy atom. The van der Waals surface area contributed by atoms with E-state index in [0.29, 0.717) is 6.42 Å². The largest absolute Gasteiger partial charge is 0.462 e. The summed E-state index contributed by atoms with van der Waals surface area (Å²) in [4.78, 5) is 17.3. The molecule has 1 aromatic rings.